The molecular weight excluding hydrogens is 452 g/mol. The topological polar surface area (TPSA) is 129 Å². The number of azo groups is 1. The van der Waals surface area contributed by atoms with E-state index in [1.54, 1.807) is 32.1 Å². The molecule has 8 nitrogen and oxygen atoms in total. The maximum Gasteiger partial charge on any atom is 0.172 e. The quantitative estimate of drug-likeness (QED) is 0.373. The van der Waals surface area contributed by atoms with Gasteiger partial charge in [0.25, 0.3) is 0 Å². The third-order valence-electron chi connectivity index (χ3n) is 5.65. The molecule has 0 amide bonds. The number of ether oxygens (including phenoxy) is 1. The summed E-state index contributed by atoms with van der Waals surface area (Å²) in [5, 5.41) is 45.8. The lowest BCUT2D eigenvalue weighted by Gasteiger charge is -2.21. The summed E-state index contributed by atoms with van der Waals surface area (Å²) < 4.78 is 5.77. The predicted octanol–water partition coefficient (Wildman–Crippen LogP) is 5.86. The molecule has 0 atom stereocenters. The van der Waals surface area contributed by atoms with E-state index in [-0.39, 0.29) is 23.5 Å². The van der Waals surface area contributed by atoms with E-state index >= 15 is 0 Å². The molecule has 0 spiro atoms. The number of hydrogen-bond acceptors (Lipinski definition) is 8. The minimum Gasteiger partial charge on any atom is -0.480 e. The first-order valence-electron chi connectivity index (χ1n) is 11.4. The van der Waals surface area contributed by atoms with E-state index in [2.05, 4.69) is 21.2 Å². The molecule has 2 aromatic carbocycles. The number of rotatable bonds is 8. The van der Waals surface area contributed by atoms with Crippen molar-refractivity contribution in [2.45, 2.75) is 26.4 Å². The van der Waals surface area contributed by atoms with Gasteiger partial charge >= 0.3 is 0 Å². The molecule has 0 radical (unpaired) electrons. The minimum atomic E-state index is -0.855. The molecule has 0 aromatic heterocycles. The van der Waals surface area contributed by atoms with Gasteiger partial charge in [0.05, 0.1) is 18.0 Å². The monoisotopic (exact) mass is 478 g/mol. The molecule has 0 fully saturated rings. The molecule has 1 aliphatic rings. The van der Waals surface area contributed by atoms with Crippen molar-refractivity contribution in [3.05, 3.63) is 82.6 Å². The summed E-state index contributed by atoms with van der Waals surface area (Å²) in [6.07, 6.45) is 3.61. The van der Waals surface area contributed by atoms with Gasteiger partial charge < -0.3 is 14.7 Å². The summed E-state index contributed by atoms with van der Waals surface area (Å²) in [5.41, 5.74) is 3.00. The van der Waals surface area contributed by atoms with Crippen LogP contribution in [0.1, 0.15) is 26.3 Å². The molecule has 36 heavy (non-hydrogen) atoms. The van der Waals surface area contributed by atoms with Crippen LogP contribution in [-0.4, -0.2) is 30.4 Å². The Kier molecular flexibility index (Phi) is 8.36. The second kappa shape index (κ2) is 11.6. The maximum atomic E-state index is 9.63. The maximum absolute atomic E-state index is 9.63. The summed E-state index contributed by atoms with van der Waals surface area (Å²) >= 11 is 0. The number of aliphatic hydroxyl groups excluding tert-OH is 1. The van der Waals surface area contributed by atoms with Crippen molar-refractivity contribution in [3.63, 3.8) is 0 Å². The Hall–Kier alpha value is -4.71. The zero-order chi connectivity index (χ0) is 26.1. The van der Waals surface area contributed by atoms with Crippen molar-refractivity contribution in [3.8, 4) is 18.2 Å². The van der Waals surface area contributed by atoms with E-state index in [1.807, 2.05) is 61.5 Å². The standard InChI is InChI=1S/C28H26N6O2/c1-4-34(15-16-35)24-12-10-23(11-13-24)33-32-22-8-5-20(6-9-22)7-14-26-25(19-31)27(21(17-29)18-30)36-28(26,2)3/h5-14,35H,4,15-16H2,1-3H3/b14-7+,33-32?. The molecule has 0 aliphatic carbocycles. The summed E-state index contributed by atoms with van der Waals surface area (Å²) in [4.78, 5) is 2.07. The van der Waals surface area contributed by atoms with E-state index in [0.717, 1.165) is 23.5 Å². The van der Waals surface area contributed by atoms with Gasteiger partial charge in [-0.2, -0.15) is 26.0 Å². The van der Waals surface area contributed by atoms with E-state index in [0.29, 0.717) is 17.8 Å². The van der Waals surface area contributed by atoms with Crippen molar-refractivity contribution in [2.24, 2.45) is 10.2 Å². The number of nitrogens with zero attached hydrogens (tertiary/aromatic N) is 6. The second-order valence-electron chi connectivity index (χ2n) is 8.39. The molecule has 1 aliphatic heterocycles. The van der Waals surface area contributed by atoms with Crippen LogP contribution in [0.25, 0.3) is 6.08 Å². The van der Waals surface area contributed by atoms with E-state index < -0.39 is 5.60 Å². The Morgan fingerprint density at radius 2 is 1.56 bits per heavy atom. The number of benzene rings is 2. The SMILES string of the molecule is CCN(CCO)c1ccc(N=Nc2ccc(/C=C/C3=C(C#N)C(=C(C#N)C#N)OC3(C)C)cc2)cc1. The summed E-state index contributed by atoms with van der Waals surface area (Å²) in [5.74, 6) is 0.0201. The van der Waals surface area contributed by atoms with Crippen LogP contribution in [-0.2, 0) is 4.74 Å². The van der Waals surface area contributed by atoms with E-state index in [4.69, 9.17) is 4.74 Å². The number of anilines is 1. The third-order valence-corrected chi connectivity index (χ3v) is 5.65. The van der Waals surface area contributed by atoms with Gasteiger partial charge in [-0.25, -0.2) is 0 Å². The van der Waals surface area contributed by atoms with Gasteiger partial charge in [0.2, 0.25) is 0 Å². The highest BCUT2D eigenvalue weighted by Crippen LogP contribution is 2.40. The molecule has 180 valence electrons. The summed E-state index contributed by atoms with van der Waals surface area (Å²) in [7, 11) is 0. The molecular formula is C28H26N6O2. The molecule has 2 aromatic rings. The fraction of sp³-hybridized carbons (Fsp3) is 0.250. The van der Waals surface area contributed by atoms with Crippen molar-refractivity contribution in [2.75, 3.05) is 24.6 Å². The van der Waals surface area contributed by atoms with Crippen molar-refractivity contribution >= 4 is 23.1 Å². The van der Waals surface area contributed by atoms with Gasteiger partial charge in [0.15, 0.2) is 11.3 Å². The van der Waals surface area contributed by atoms with Gasteiger partial charge in [-0.05, 0) is 62.7 Å². The van der Waals surface area contributed by atoms with Crippen LogP contribution < -0.4 is 4.90 Å². The molecule has 0 bridgehead atoms. The van der Waals surface area contributed by atoms with Crippen LogP contribution in [0, 0.1) is 34.0 Å². The van der Waals surface area contributed by atoms with Crippen LogP contribution in [0.4, 0.5) is 17.1 Å². The van der Waals surface area contributed by atoms with Gasteiger partial charge in [-0.1, -0.05) is 24.3 Å². The molecule has 8 heteroatoms. The molecule has 0 unspecified atom stereocenters. The number of allylic oxidation sites excluding steroid dienone is 2. The highest BCUT2D eigenvalue weighted by Gasteiger charge is 2.38. The third kappa shape index (κ3) is 5.85. The lowest BCUT2D eigenvalue weighted by molar-refractivity contribution is 0.0954. The van der Waals surface area contributed by atoms with Crippen LogP contribution in [0.3, 0.4) is 0 Å². The Morgan fingerprint density at radius 3 is 2.06 bits per heavy atom. The zero-order valence-corrected chi connectivity index (χ0v) is 20.4. The minimum absolute atomic E-state index is 0.0201. The average Bonchev–Trinajstić information content (AvgIpc) is 3.15. The van der Waals surface area contributed by atoms with Gasteiger partial charge in [0.1, 0.15) is 29.4 Å². The van der Waals surface area contributed by atoms with Gasteiger partial charge in [-0.15, -0.1) is 0 Å². The number of nitriles is 3. The summed E-state index contributed by atoms with van der Waals surface area (Å²) in [6.45, 7) is 7.09. The van der Waals surface area contributed by atoms with Gasteiger partial charge in [0, 0.05) is 24.4 Å². The normalized spacial score (nSPS) is 14.4. The smallest absolute Gasteiger partial charge is 0.172 e. The fourth-order valence-corrected chi connectivity index (χ4v) is 3.75. The molecule has 0 saturated heterocycles. The Morgan fingerprint density at radius 1 is 0.972 bits per heavy atom. The highest BCUT2D eigenvalue weighted by molar-refractivity contribution is 5.64. The number of likely N-dealkylation sites (N-methyl/N-ethyl adjacent to an activating group) is 1. The van der Waals surface area contributed by atoms with E-state index in [9.17, 15) is 20.9 Å². The number of hydrogen-bond donors (Lipinski definition) is 1. The van der Waals surface area contributed by atoms with Crippen molar-refractivity contribution in [1.82, 2.24) is 0 Å². The Labute approximate surface area is 211 Å². The molecule has 1 heterocycles. The van der Waals surface area contributed by atoms with Crippen LogP contribution in [0.5, 0.6) is 0 Å². The zero-order valence-electron chi connectivity index (χ0n) is 20.4. The summed E-state index contributed by atoms with van der Waals surface area (Å²) in [6, 6.07) is 20.8. The first-order chi connectivity index (χ1) is 17.4. The van der Waals surface area contributed by atoms with Crippen molar-refractivity contribution < 1.29 is 9.84 Å². The Balaban J connectivity index is 1.75. The van der Waals surface area contributed by atoms with Crippen LogP contribution in [0.15, 0.2) is 87.3 Å². The fourth-order valence-electron chi connectivity index (χ4n) is 3.75. The van der Waals surface area contributed by atoms with Crippen LogP contribution >= 0.6 is 0 Å². The first kappa shape index (κ1) is 25.9. The highest BCUT2D eigenvalue weighted by atomic mass is 16.5. The largest absolute Gasteiger partial charge is 0.480 e. The van der Waals surface area contributed by atoms with Crippen LogP contribution in [0.2, 0.25) is 0 Å². The van der Waals surface area contributed by atoms with Crippen molar-refractivity contribution in [1.29, 1.82) is 15.8 Å². The Bertz CT molecular complexity index is 1330. The molecule has 1 N–H and O–H groups in total. The lowest BCUT2D eigenvalue weighted by atomic mass is 9.94. The van der Waals surface area contributed by atoms with E-state index in [1.165, 1.54) is 0 Å². The first-order valence-corrected chi connectivity index (χ1v) is 11.4. The predicted molar refractivity (Wildman–Crippen MR) is 137 cm³/mol. The molecule has 3 rings (SSSR count). The second-order valence-corrected chi connectivity index (χ2v) is 8.39. The average molecular weight is 479 g/mol. The molecule has 0 saturated carbocycles. The number of aliphatic hydroxyl groups is 1. The lowest BCUT2D eigenvalue weighted by Crippen LogP contribution is -2.25. The van der Waals surface area contributed by atoms with Gasteiger partial charge in [-0.3, -0.25) is 0 Å².